The summed E-state index contributed by atoms with van der Waals surface area (Å²) in [4.78, 5) is 34.0. The zero-order valence-electron chi connectivity index (χ0n) is 10.6. The lowest BCUT2D eigenvalue weighted by atomic mass is 10.1. The minimum Gasteiger partial charge on any atom is -0.504 e. The Hall–Kier alpha value is -2.77. The zero-order chi connectivity index (χ0) is 15.3. The lowest BCUT2D eigenvalue weighted by Crippen LogP contribution is -2.39. The van der Waals surface area contributed by atoms with E-state index < -0.39 is 36.7 Å². The predicted molar refractivity (Wildman–Crippen MR) is 65.8 cm³/mol. The molecule has 8 nitrogen and oxygen atoms in total. The van der Waals surface area contributed by atoms with Gasteiger partial charge in [-0.3, -0.25) is 14.4 Å². The van der Waals surface area contributed by atoms with E-state index in [4.69, 9.17) is 14.9 Å². The molecule has 1 aromatic rings. The van der Waals surface area contributed by atoms with E-state index in [0.717, 1.165) is 0 Å². The molecular weight excluding hydrogens is 270 g/mol. The number of aromatic hydroxyl groups is 1. The number of benzene rings is 1. The summed E-state index contributed by atoms with van der Waals surface area (Å²) in [6, 6.07) is 4.08. The van der Waals surface area contributed by atoms with Crippen molar-refractivity contribution in [2.24, 2.45) is 0 Å². The largest absolute Gasteiger partial charge is 0.504 e. The molecule has 0 unspecified atom stereocenters. The topological polar surface area (TPSA) is 124 Å². The van der Waals surface area contributed by atoms with Crippen LogP contribution in [0.25, 0.3) is 0 Å². The number of carboxylic acids is 2. The van der Waals surface area contributed by atoms with Crippen molar-refractivity contribution in [3.63, 3.8) is 0 Å². The number of hydrogen-bond acceptors (Lipinski definition) is 5. The van der Waals surface area contributed by atoms with Crippen LogP contribution in [-0.4, -0.2) is 58.3 Å². The maximum Gasteiger partial charge on any atom is 0.323 e. The molecule has 0 radical (unpaired) electrons. The Balaban J connectivity index is 3.11. The number of carboxylic acid groups (broad SMARTS) is 2. The average Bonchev–Trinajstić information content (AvgIpc) is 2.36. The summed E-state index contributed by atoms with van der Waals surface area (Å²) >= 11 is 0. The molecule has 0 bridgehead atoms. The van der Waals surface area contributed by atoms with Crippen LogP contribution in [-0.2, 0) is 9.59 Å². The Morgan fingerprint density at radius 3 is 2.15 bits per heavy atom. The van der Waals surface area contributed by atoms with E-state index in [1.807, 2.05) is 0 Å². The fraction of sp³-hybridized carbons (Fsp3) is 0.250. The Kier molecular flexibility index (Phi) is 4.90. The van der Waals surface area contributed by atoms with Crippen LogP contribution in [0.3, 0.4) is 0 Å². The first-order valence-corrected chi connectivity index (χ1v) is 5.45. The fourth-order valence-corrected chi connectivity index (χ4v) is 1.56. The molecule has 0 fully saturated rings. The van der Waals surface area contributed by atoms with Crippen molar-refractivity contribution in [1.82, 2.24) is 4.90 Å². The second-order valence-electron chi connectivity index (χ2n) is 3.81. The Labute approximate surface area is 113 Å². The fourth-order valence-electron chi connectivity index (χ4n) is 1.56. The van der Waals surface area contributed by atoms with Crippen LogP contribution < -0.4 is 4.74 Å². The number of methoxy groups -OCH3 is 1. The lowest BCUT2D eigenvalue weighted by Gasteiger charge is -2.19. The Morgan fingerprint density at radius 1 is 1.15 bits per heavy atom. The molecule has 0 aliphatic heterocycles. The van der Waals surface area contributed by atoms with Gasteiger partial charge in [0.1, 0.15) is 13.1 Å². The molecule has 8 heteroatoms. The van der Waals surface area contributed by atoms with Gasteiger partial charge in [-0.25, -0.2) is 0 Å². The average molecular weight is 283 g/mol. The Bertz CT molecular complexity index is 525. The molecule has 1 amide bonds. The maximum absolute atomic E-state index is 12.1. The van der Waals surface area contributed by atoms with Crippen molar-refractivity contribution in [3.8, 4) is 11.5 Å². The number of rotatable bonds is 6. The molecule has 1 rings (SSSR count). The first-order valence-electron chi connectivity index (χ1n) is 5.45. The number of carbonyl (C=O) groups is 3. The minimum absolute atomic E-state index is 0.0291. The van der Waals surface area contributed by atoms with Gasteiger partial charge in [-0.1, -0.05) is 6.07 Å². The number of amides is 1. The second kappa shape index (κ2) is 6.41. The van der Waals surface area contributed by atoms with Crippen LogP contribution in [0, 0.1) is 0 Å². The zero-order valence-corrected chi connectivity index (χ0v) is 10.6. The van der Waals surface area contributed by atoms with Crippen molar-refractivity contribution in [1.29, 1.82) is 0 Å². The van der Waals surface area contributed by atoms with Gasteiger partial charge in [0.15, 0.2) is 11.5 Å². The number of carbonyl (C=O) groups excluding carboxylic acids is 1. The van der Waals surface area contributed by atoms with Gasteiger partial charge < -0.3 is 25.0 Å². The molecule has 108 valence electrons. The molecule has 3 N–H and O–H groups in total. The molecule has 0 atom stereocenters. The monoisotopic (exact) mass is 283 g/mol. The highest BCUT2D eigenvalue weighted by Crippen LogP contribution is 2.30. The minimum atomic E-state index is -1.36. The molecular formula is C12H13NO7. The molecule has 0 aromatic heterocycles. The summed E-state index contributed by atoms with van der Waals surface area (Å²) in [5.74, 6) is -4.07. The molecule has 0 aliphatic carbocycles. The Morgan fingerprint density at radius 2 is 1.70 bits per heavy atom. The summed E-state index contributed by atoms with van der Waals surface area (Å²) < 4.78 is 4.82. The quantitative estimate of drug-likeness (QED) is 0.671. The van der Waals surface area contributed by atoms with E-state index in [1.54, 1.807) is 0 Å². The van der Waals surface area contributed by atoms with E-state index >= 15 is 0 Å². The van der Waals surface area contributed by atoms with Crippen LogP contribution in [0.15, 0.2) is 18.2 Å². The molecule has 0 spiro atoms. The van der Waals surface area contributed by atoms with Gasteiger partial charge in [0.25, 0.3) is 5.91 Å². The summed E-state index contributed by atoms with van der Waals surface area (Å²) in [6.07, 6.45) is 0. The van der Waals surface area contributed by atoms with Gasteiger partial charge >= 0.3 is 11.9 Å². The van der Waals surface area contributed by atoms with Crippen molar-refractivity contribution >= 4 is 17.8 Å². The second-order valence-corrected chi connectivity index (χ2v) is 3.81. The summed E-state index contributed by atoms with van der Waals surface area (Å²) in [5.41, 5.74) is -0.230. The van der Waals surface area contributed by atoms with Gasteiger partial charge in [0.05, 0.1) is 12.7 Å². The van der Waals surface area contributed by atoms with Crippen LogP contribution in [0.2, 0.25) is 0 Å². The molecule has 20 heavy (non-hydrogen) atoms. The first kappa shape index (κ1) is 15.3. The van der Waals surface area contributed by atoms with Gasteiger partial charge in [0, 0.05) is 0 Å². The first-order chi connectivity index (χ1) is 9.36. The SMILES string of the molecule is COc1cccc(C(=O)N(CC(=O)O)CC(=O)O)c1O. The van der Waals surface area contributed by atoms with Crippen molar-refractivity contribution in [2.75, 3.05) is 20.2 Å². The highest BCUT2D eigenvalue weighted by atomic mass is 16.5. The molecule has 1 aromatic carbocycles. The number of phenols is 1. The van der Waals surface area contributed by atoms with Gasteiger partial charge in [-0.2, -0.15) is 0 Å². The standard InChI is InChI=1S/C12H13NO7/c1-20-8-4-2-3-7(11(8)18)12(19)13(5-9(14)15)6-10(16)17/h2-4,18H,5-6H2,1H3,(H,14,15)(H,16,17). The summed E-state index contributed by atoms with van der Waals surface area (Å²) in [7, 11) is 1.29. The van der Waals surface area contributed by atoms with Crippen molar-refractivity contribution < 1.29 is 34.4 Å². The number of ether oxygens (including phenoxy) is 1. The van der Waals surface area contributed by atoms with E-state index in [9.17, 15) is 19.5 Å². The van der Waals surface area contributed by atoms with Crippen LogP contribution in [0.4, 0.5) is 0 Å². The van der Waals surface area contributed by atoms with Gasteiger partial charge in [0.2, 0.25) is 0 Å². The van der Waals surface area contributed by atoms with E-state index in [1.165, 1.54) is 25.3 Å². The van der Waals surface area contributed by atoms with E-state index in [0.29, 0.717) is 4.90 Å². The van der Waals surface area contributed by atoms with E-state index in [2.05, 4.69) is 0 Å². The maximum atomic E-state index is 12.1. The highest BCUT2D eigenvalue weighted by molar-refractivity contribution is 6.00. The highest BCUT2D eigenvalue weighted by Gasteiger charge is 2.24. The van der Waals surface area contributed by atoms with Gasteiger partial charge in [-0.15, -0.1) is 0 Å². The number of aliphatic carboxylic acids is 2. The van der Waals surface area contributed by atoms with Gasteiger partial charge in [-0.05, 0) is 12.1 Å². The normalized spacial score (nSPS) is 9.85. The molecule has 0 saturated heterocycles. The number of nitrogens with zero attached hydrogens (tertiary/aromatic N) is 1. The number of hydrogen-bond donors (Lipinski definition) is 3. The molecule has 0 saturated carbocycles. The van der Waals surface area contributed by atoms with Crippen LogP contribution in [0.1, 0.15) is 10.4 Å². The lowest BCUT2D eigenvalue weighted by molar-refractivity contribution is -0.140. The smallest absolute Gasteiger partial charge is 0.323 e. The third-order valence-corrected chi connectivity index (χ3v) is 2.39. The number of phenolic OH excluding ortho intramolecular Hbond substituents is 1. The summed E-state index contributed by atoms with van der Waals surface area (Å²) in [5, 5.41) is 27.2. The third-order valence-electron chi connectivity index (χ3n) is 2.39. The van der Waals surface area contributed by atoms with Crippen molar-refractivity contribution in [2.45, 2.75) is 0 Å². The number of para-hydroxylation sites is 1. The van der Waals surface area contributed by atoms with Crippen LogP contribution in [0.5, 0.6) is 11.5 Å². The summed E-state index contributed by atoms with van der Waals surface area (Å²) in [6.45, 7) is -1.58. The van der Waals surface area contributed by atoms with E-state index in [-0.39, 0.29) is 11.3 Å². The van der Waals surface area contributed by atoms with Crippen LogP contribution >= 0.6 is 0 Å². The molecule has 0 aliphatic rings. The third kappa shape index (κ3) is 3.61. The predicted octanol–water partition coefficient (Wildman–Crippen LogP) is 0.0122. The van der Waals surface area contributed by atoms with Crippen molar-refractivity contribution in [3.05, 3.63) is 23.8 Å². The molecule has 0 heterocycles.